The molecule has 7 heteroatoms. The Balaban J connectivity index is 2.16. The van der Waals surface area contributed by atoms with Gasteiger partial charge >= 0.3 is 0 Å². The molecule has 1 heterocycles. The largest absolute Gasteiger partial charge is 0.411 e. The van der Waals surface area contributed by atoms with Crippen LogP contribution in [0.1, 0.15) is 23.0 Å². The lowest BCUT2D eigenvalue weighted by atomic mass is 10.2. The normalized spacial score (nSPS) is 11.4. The molecule has 0 saturated carbocycles. The van der Waals surface area contributed by atoms with E-state index in [2.05, 4.69) is 15.5 Å². The number of carbonyl (C=O) groups excluding carboxylic acids is 1. The van der Waals surface area contributed by atoms with Crippen LogP contribution in [-0.4, -0.2) is 21.8 Å². The van der Waals surface area contributed by atoms with Crippen LogP contribution in [0.25, 0.3) is 0 Å². The van der Waals surface area contributed by atoms with E-state index >= 15 is 0 Å². The average Bonchev–Trinajstić information content (AvgIpc) is 2.86. The van der Waals surface area contributed by atoms with Crippen molar-refractivity contribution in [1.82, 2.24) is 4.98 Å². The predicted octanol–water partition coefficient (Wildman–Crippen LogP) is 3.25. The third-order valence-electron chi connectivity index (χ3n) is 2.36. The highest BCUT2D eigenvalue weighted by atomic mass is 35.5. The summed E-state index contributed by atoms with van der Waals surface area (Å²) in [5.74, 6) is -0.329. The third-order valence-corrected chi connectivity index (χ3v) is 3.45. The fraction of sp³-hybridized carbons (Fsp3) is 0.0833. The molecule has 1 aromatic heterocycles. The molecule has 0 radical (unpaired) electrons. The van der Waals surface area contributed by atoms with E-state index in [1.54, 1.807) is 36.6 Å². The first-order chi connectivity index (χ1) is 9.11. The molecule has 0 unspecified atom stereocenters. The van der Waals surface area contributed by atoms with Gasteiger partial charge in [0.05, 0.1) is 10.6 Å². The molecule has 0 aliphatic carbocycles. The highest BCUT2D eigenvalue weighted by molar-refractivity contribution is 7.14. The second kappa shape index (κ2) is 5.81. The summed E-state index contributed by atoms with van der Waals surface area (Å²) in [6.07, 6.45) is 0. The molecule has 2 rings (SSSR count). The van der Waals surface area contributed by atoms with Crippen LogP contribution in [0.15, 0.2) is 34.8 Å². The van der Waals surface area contributed by atoms with E-state index in [1.165, 1.54) is 11.3 Å². The van der Waals surface area contributed by atoms with Crippen LogP contribution < -0.4 is 5.32 Å². The molecule has 1 amide bonds. The number of anilines is 1. The number of rotatable bonds is 3. The number of aromatic nitrogens is 1. The van der Waals surface area contributed by atoms with Crippen molar-refractivity contribution in [2.75, 3.05) is 5.32 Å². The topological polar surface area (TPSA) is 74.6 Å². The van der Waals surface area contributed by atoms with Crippen molar-refractivity contribution in [2.24, 2.45) is 5.16 Å². The fourth-order valence-electron chi connectivity index (χ4n) is 1.36. The van der Waals surface area contributed by atoms with Gasteiger partial charge in [-0.15, -0.1) is 11.3 Å². The van der Waals surface area contributed by atoms with Crippen molar-refractivity contribution in [1.29, 1.82) is 0 Å². The summed E-state index contributed by atoms with van der Waals surface area (Å²) < 4.78 is 0. The monoisotopic (exact) mass is 295 g/mol. The molecule has 0 aliphatic heterocycles. The molecule has 2 aromatic rings. The Hall–Kier alpha value is -1.92. The minimum absolute atomic E-state index is 0.329. The Morgan fingerprint density at radius 3 is 2.89 bits per heavy atom. The van der Waals surface area contributed by atoms with Crippen molar-refractivity contribution in [2.45, 2.75) is 6.92 Å². The molecule has 0 aliphatic rings. The second-order valence-corrected chi connectivity index (χ2v) is 4.92. The van der Waals surface area contributed by atoms with Gasteiger partial charge in [0, 0.05) is 5.38 Å². The van der Waals surface area contributed by atoms with Gasteiger partial charge in [0.2, 0.25) is 0 Å². The molecule has 0 atom stereocenters. The maximum absolute atomic E-state index is 12.0. The van der Waals surface area contributed by atoms with Crippen molar-refractivity contribution in [3.05, 3.63) is 45.9 Å². The molecular formula is C12H10ClN3O2S. The quantitative estimate of drug-likeness (QED) is 0.518. The molecule has 1 aromatic carbocycles. The molecule has 98 valence electrons. The second-order valence-electron chi connectivity index (χ2n) is 3.66. The Morgan fingerprint density at radius 2 is 2.21 bits per heavy atom. The van der Waals surface area contributed by atoms with Crippen LogP contribution in [0.2, 0.25) is 5.02 Å². The van der Waals surface area contributed by atoms with E-state index in [0.717, 1.165) is 0 Å². The summed E-state index contributed by atoms with van der Waals surface area (Å²) in [4.78, 5) is 16.1. The Kier molecular flexibility index (Phi) is 4.13. The maximum atomic E-state index is 12.0. The van der Waals surface area contributed by atoms with Crippen LogP contribution in [-0.2, 0) is 0 Å². The lowest BCUT2D eigenvalue weighted by molar-refractivity contribution is 0.102. The highest BCUT2D eigenvalue weighted by Crippen LogP contribution is 2.20. The van der Waals surface area contributed by atoms with Crippen LogP contribution >= 0.6 is 22.9 Å². The number of nitrogens with one attached hydrogen (secondary N) is 1. The molecule has 2 N–H and O–H groups in total. The van der Waals surface area contributed by atoms with Crippen LogP contribution in [0, 0.1) is 0 Å². The summed E-state index contributed by atoms with van der Waals surface area (Å²) in [5, 5.41) is 16.8. The molecule has 19 heavy (non-hydrogen) atoms. The number of benzene rings is 1. The van der Waals surface area contributed by atoms with Crippen LogP contribution in [0.5, 0.6) is 0 Å². The van der Waals surface area contributed by atoms with Gasteiger partial charge in [0.25, 0.3) is 5.91 Å². The molecule has 0 fully saturated rings. The SMILES string of the molecule is CC(=NO)c1csc(NC(=O)c2ccccc2Cl)n1. The summed E-state index contributed by atoms with van der Waals surface area (Å²) in [6, 6.07) is 6.76. The van der Waals surface area contributed by atoms with Gasteiger partial charge in [0.15, 0.2) is 5.13 Å². The first-order valence-electron chi connectivity index (χ1n) is 5.32. The molecular weight excluding hydrogens is 286 g/mol. The van der Waals surface area contributed by atoms with Crippen molar-refractivity contribution in [3.63, 3.8) is 0 Å². The first kappa shape index (κ1) is 13.5. The molecule has 5 nitrogen and oxygen atoms in total. The van der Waals surface area contributed by atoms with Crippen LogP contribution in [0.4, 0.5) is 5.13 Å². The van der Waals surface area contributed by atoms with E-state index in [9.17, 15) is 4.79 Å². The lowest BCUT2D eigenvalue weighted by Crippen LogP contribution is -2.12. The number of halogens is 1. The zero-order valence-corrected chi connectivity index (χ0v) is 11.5. The smallest absolute Gasteiger partial charge is 0.258 e. The Bertz CT molecular complexity index is 639. The molecule has 0 bridgehead atoms. The number of thiazole rings is 1. The number of amides is 1. The fourth-order valence-corrected chi connectivity index (χ4v) is 2.33. The zero-order valence-electron chi connectivity index (χ0n) is 9.92. The maximum Gasteiger partial charge on any atom is 0.258 e. The van der Waals surface area contributed by atoms with Crippen molar-refractivity contribution >= 4 is 39.7 Å². The molecule has 0 spiro atoms. The summed E-state index contributed by atoms with van der Waals surface area (Å²) in [6.45, 7) is 1.62. The van der Waals surface area contributed by atoms with E-state index in [0.29, 0.717) is 27.1 Å². The predicted molar refractivity (Wildman–Crippen MR) is 75.5 cm³/mol. The van der Waals surface area contributed by atoms with Gasteiger partial charge < -0.3 is 5.21 Å². The summed E-state index contributed by atoms with van der Waals surface area (Å²) in [5.41, 5.74) is 1.28. The Labute approximate surface area is 118 Å². The van der Waals surface area contributed by atoms with E-state index in [1.807, 2.05) is 0 Å². The number of nitrogens with zero attached hydrogens (tertiary/aromatic N) is 2. The van der Waals surface area contributed by atoms with Crippen LogP contribution in [0.3, 0.4) is 0 Å². The van der Waals surface area contributed by atoms with Crippen molar-refractivity contribution < 1.29 is 10.0 Å². The number of hydrogen-bond donors (Lipinski definition) is 2. The minimum Gasteiger partial charge on any atom is -0.411 e. The zero-order chi connectivity index (χ0) is 13.8. The van der Waals surface area contributed by atoms with Gasteiger partial charge in [-0.25, -0.2) is 4.98 Å². The highest BCUT2D eigenvalue weighted by Gasteiger charge is 2.12. The number of oxime groups is 1. The van der Waals surface area contributed by atoms with Gasteiger partial charge in [-0.3, -0.25) is 10.1 Å². The number of hydrogen-bond acceptors (Lipinski definition) is 5. The summed E-state index contributed by atoms with van der Waals surface area (Å²) >= 11 is 7.18. The van der Waals surface area contributed by atoms with Gasteiger partial charge in [-0.05, 0) is 19.1 Å². The van der Waals surface area contributed by atoms with E-state index < -0.39 is 0 Å². The first-order valence-corrected chi connectivity index (χ1v) is 6.58. The number of carbonyl (C=O) groups is 1. The van der Waals surface area contributed by atoms with Crippen molar-refractivity contribution in [3.8, 4) is 0 Å². The molecule has 0 saturated heterocycles. The third kappa shape index (κ3) is 3.10. The van der Waals surface area contributed by atoms with Gasteiger partial charge in [-0.2, -0.15) is 0 Å². The standard InChI is InChI=1S/C12H10ClN3O2S/c1-7(16-18)10-6-19-12(14-10)15-11(17)8-4-2-3-5-9(8)13/h2-6,18H,1H3,(H,14,15,17). The lowest BCUT2D eigenvalue weighted by Gasteiger charge is -2.03. The minimum atomic E-state index is -0.329. The van der Waals surface area contributed by atoms with Gasteiger partial charge in [0.1, 0.15) is 11.4 Å². The summed E-state index contributed by atoms with van der Waals surface area (Å²) in [7, 11) is 0. The average molecular weight is 296 g/mol. The van der Waals surface area contributed by atoms with E-state index in [-0.39, 0.29) is 5.91 Å². The van der Waals surface area contributed by atoms with Gasteiger partial charge in [-0.1, -0.05) is 28.9 Å². The Morgan fingerprint density at radius 1 is 1.47 bits per heavy atom. The van der Waals surface area contributed by atoms with E-state index in [4.69, 9.17) is 16.8 Å².